The lowest BCUT2D eigenvalue weighted by Crippen LogP contribution is -2.58. The summed E-state index contributed by atoms with van der Waals surface area (Å²) in [6.07, 6.45) is 4.59. The third kappa shape index (κ3) is 4.75. The largest absolute Gasteiger partial charge is 0.465 e. The molecule has 0 aromatic heterocycles. The van der Waals surface area contributed by atoms with Gasteiger partial charge in [0.2, 0.25) is 5.91 Å². The number of benzene rings is 3. The Balaban J connectivity index is 1.48. The van der Waals surface area contributed by atoms with Crippen LogP contribution in [0, 0.1) is 17.8 Å². The van der Waals surface area contributed by atoms with E-state index in [0.29, 0.717) is 18.5 Å². The van der Waals surface area contributed by atoms with Crippen molar-refractivity contribution in [2.24, 2.45) is 17.8 Å². The van der Waals surface area contributed by atoms with Crippen molar-refractivity contribution < 1.29 is 24.2 Å². The number of anilines is 1. The highest BCUT2D eigenvalue weighted by molar-refractivity contribution is 8.02. The van der Waals surface area contributed by atoms with Gasteiger partial charge in [0.1, 0.15) is 6.04 Å². The number of carbonyl (C=O) groups excluding carboxylic acids is 3. The Bertz CT molecular complexity index is 1590. The van der Waals surface area contributed by atoms with Gasteiger partial charge in [-0.05, 0) is 47.2 Å². The lowest BCUT2D eigenvalue weighted by Gasteiger charge is -2.42. The predicted octanol–water partition coefficient (Wildman–Crippen LogP) is 5.55. The van der Waals surface area contributed by atoms with Gasteiger partial charge in [-0.3, -0.25) is 14.4 Å². The number of hydrogen-bond donors (Lipinski definition) is 1. The summed E-state index contributed by atoms with van der Waals surface area (Å²) in [5.74, 6) is -2.37. The van der Waals surface area contributed by atoms with Crippen LogP contribution in [0.1, 0.15) is 31.4 Å². The molecule has 3 fully saturated rings. The van der Waals surface area contributed by atoms with Crippen LogP contribution in [0.25, 0.3) is 10.8 Å². The van der Waals surface area contributed by atoms with Gasteiger partial charge in [-0.15, -0.1) is 24.9 Å². The van der Waals surface area contributed by atoms with E-state index in [-0.39, 0.29) is 42.7 Å². The maximum Gasteiger partial charge on any atom is 0.310 e. The Morgan fingerprint density at radius 2 is 1.82 bits per heavy atom. The normalized spacial score (nSPS) is 27.6. The highest BCUT2D eigenvalue weighted by atomic mass is 32.2. The van der Waals surface area contributed by atoms with Crippen LogP contribution in [0.4, 0.5) is 5.69 Å². The molecule has 1 spiro atoms. The third-order valence-electron chi connectivity index (χ3n) is 9.57. The summed E-state index contributed by atoms with van der Waals surface area (Å²) < 4.78 is 4.79. The standard InChI is InChI=1S/C36H38N2O5S/c1-4-6-19-43-35(42)30-29-20-23(3)36(44-29)31(30)33(40)38(28(22-39)25-13-8-7-9-14-25)32(36)34(41)37(18-5-2)27-17-16-24-12-10-11-15-26(24)21-27/h4-5,7-17,21,23,28-32,39H,1-2,6,18-20,22H2,3H3/t23?,28-,29+,30-,31+,32?,36?/m1/s1. The summed E-state index contributed by atoms with van der Waals surface area (Å²) in [7, 11) is 0. The van der Waals surface area contributed by atoms with Crippen molar-refractivity contribution in [3.63, 3.8) is 0 Å². The maximum absolute atomic E-state index is 15.1. The second kappa shape index (κ2) is 12.3. The Morgan fingerprint density at radius 1 is 1.09 bits per heavy atom. The molecule has 0 aliphatic carbocycles. The molecule has 3 aliphatic rings. The molecule has 7 nitrogen and oxygen atoms in total. The van der Waals surface area contributed by atoms with Crippen molar-refractivity contribution in [1.29, 1.82) is 0 Å². The molecular formula is C36H38N2O5S. The number of nitrogens with zero attached hydrogens (tertiary/aromatic N) is 2. The fourth-order valence-electron chi connectivity index (χ4n) is 7.66. The molecule has 44 heavy (non-hydrogen) atoms. The average molecular weight is 611 g/mol. The molecule has 2 bridgehead atoms. The van der Waals surface area contributed by atoms with Gasteiger partial charge >= 0.3 is 5.97 Å². The predicted molar refractivity (Wildman–Crippen MR) is 174 cm³/mol. The Kier molecular flexibility index (Phi) is 8.40. The summed E-state index contributed by atoms with van der Waals surface area (Å²) in [6, 6.07) is 21.5. The second-order valence-electron chi connectivity index (χ2n) is 11.9. The molecule has 0 saturated carbocycles. The lowest BCUT2D eigenvalue weighted by molar-refractivity contribution is -0.154. The minimum Gasteiger partial charge on any atom is -0.465 e. The first-order chi connectivity index (χ1) is 21.4. The fourth-order valence-corrected chi connectivity index (χ4v) is 10.0. The molecule has 2 amide bonds. The summed E-state index contributed by atoms with van der Waals surface area (Å²) in [4.78, 5) is 46.7. The molecular weight excluding hydrogens is 572 g/mol. The van der Waals surface area contributed by atoms with Crippen LogP contribution in [0.3, 0.4) is 0 Å². The Labute approximate surface area is 262 Å². The van der Waals surface area contributed by atoms with E-state index in [9.17, 15) is 14.7 Å². The lowest BCUT2D eigenvalue weighted by atomic mass is 9.66. The molecule has 8 heteroatoms. The summed E-state index contributed by atoms with van der Waals surface area (Å²) >= 11 is 1.60. The topological polar surface area (TPSA) is 87.2 Å². The van der Waals surface area contributed by atoms with Crippen molar-refractivity contribution in [2.45, 2.75) is 41.8 Å². The van der Waals surface area contributed by atoms with Gasteiger partial charge in [0, 0.05) is 17.5 Å². The van der Waals surface area contributed by atoms with Crippen LogP contribution in [0.5, 0.6) is 0 Å². The minimum absolute atomic E-state index is 0.0278. The fraction of sp³-hybridized carbons (Fsp3) is 0.361. The van der Waals surface area contributed by atoms with E-state index in [1.54, 1.807) is 33.7 Å². The molecule has 0 radical (unpaired) electrons. The van der Waals surface area contributed by atoms with E-state index in [0.717, 1.165) is 16.3 Å². The van der Waals surface area contributed by atoms with Gasteiger partial charge in [0.25, 0.3) is 5.91 Å². The third-order valence-corrected chi connectivity index (χ3v) is 11.6. The van der Waals surface area contributed by atoms with Crippen LogP contribution in [-0.4, -0.2) is 63.6 Å². The van der Waals surface area contributed by atoms with Gasteiger partial charge < -0.3 is 19.6 Å². The van der Waals surface area contributed by atoms with Crippen LogP contribution in [0.2, 0.25) is 0 Å². The molecule has 3 aromatic rings. The minimum atomic E-state index is -0.917. The monoisotopic (exact) mass is 610 g/mol. The number of rotatable bonds is 11. The zero-order chi connectivity index (χ0) is 31.0. The van der Waals surface area contributed by atoms with Crippen LogP contribution in [-0.2, 0) is 19.1 Å². The van der Waals surface area contributed by atoms with Crippen LogP contribution < -0.4 is 4.90 Å². The molecule has 7 atom stereocenters. The van der Waals surface area contributed by atoms with Crippen molar-refractivity contribution >= 4 is 46.0 Å². The van der Waals surface area contributed by atoms with Crippen LogP contribution in [0.15, 0.2) is 98.1 Å². The molecule has 3 unspecified atom stereocenters. The van der Waals surface area contributed by atoms with Gasteiger partial charge in [0.15, 0.2) is 0 Å². The SMILES string of the molecule is C=CCCOC(=O)[C@@H]1[C@@H]2CC(C)C3(S2)C(C(=O)N(CC=C)c2ccc4ccccc4c2)N([C@H](CO)c2ccccc2)C(=O)[C@H]13. The number of amides is 2. The second-order valence-corrected chi connectivity index (χ2v) is 13.5. The molecule has 3 saturated heterocycles. The first kappa shape index (κ1) is 30.2. The number of hydrogen-bond acceptors (Lipinski definition) is 6. The van der Waals surface area contributed by atoms with E-state index < -0.39 is 34.6 Å². The number of thioether (sulfide) groups is 1. The van der Waals surface area contributed by atoms with E-state index in [4.69, 9.17) is 4.74 Å². The van der Waals surface area contributed by atoms with Crippen molar-refractivity contribution in [3.05, 3.63) is 104 Å². The van der Waals surface area contributed by atoms with E-state index in [2.05, 4.69) is 20.1 Å². The summed E-state index contributed by atoms with van der Waals surface area (Å²) in [5, 5.41) is 12.7. The first-order valence-corrected chi connectivity index (χ1v) is 16.1. The van der Waals surface area contributed by atoms with E-state index in [1.807, 2.05) is 72.8 Å². The van der Waals surface area contributed by atoms with Crippen molar-refractivity contribution in [1.82, 2.24) is 4.90 Å². The average Bonchev–Trinajstić information content (AvgIpc) is 3.64. The molecule has 3 heterocycles. The molecule has 1 N–H and O–H groups in total. The zero-order valence-corrected chi connectivity index (χ0v) is 25.7. The van der Waals surface area contributed by atoms with E-state index >= 15 is 4.79 Å². The summed E-state index contributed by atoms with van der Waals surface area (Å²) in [6.45, 7) is 9.80. The number of fused-ring (bicyclic) bond motifs is 2. The van der Waals surface area contributed by atoms with Gasteiger partial charge in [-0.2, -0.15) is 0 Å². The first-order valence-electron chi connectivity index (χ1n) is 15.2. The molecule has 3 aliphatic heterocycles. The van der Waals surface area contributed by atoms with E-state index in [1.165, 1.54) is 0 Å². The molecule has 3 aromatic carbocycles. The number of carbonyl (C=O) groups is 3. The number of ether oxygens (including phenoxy) is 1. The molecule has 228 valence electrons. The highest BCUT2D eigenvalue weighted by Crippen LogP contribution is 2.69. The number of aliphatic hydroxyl groups is 1. The smallest absolute Gasteiger partial charge is 0.310 e. The zero-order valence-electron chi connectivity index (χ0n) is 24.9. The molecule has 6 rings (SSSR count). The highest BCUT2D eigenvalue weighted by Gasteiger charge is 2.77. The van der Waals surface area contributed by atoms with Gasteiger partial charge in [-0.25, -0.2) is 0 Å². The number of esters is 1. The van der Waals surface area contributed by atoms with Gasteiger partial charge in [0.05, 0.1) is 35.8 Å². The number of aliphatic hydroxyl groups excluding tert-OH is 1. The maximum atomic E-state index is 15.1. The summed E-state index contributed by atoms with van der Waals surface area (Å²) in [5.41, 5.74) is 1.43. The van der Waals surface area contributed by atoms with Crippen molar-refractivity contribution in [3.8, 4) is 0 Å². The van der Waals surface area contributed by atoms with Gasteiger partial charge in [-0.1, -0.05) is 79.7 Å². The Morgan fingerprint density at radius 3 is 2.52 bits per heavy atom. The number of likely N-dealkylation sites (tertiary alicyclic amines) is 1. The Hall–Kier alpha value is -3.88. The van der Waals surface area contributed by atoms with Crippen molar-refractivity contribution in [2.75, 3.05) is 24.7 Å². The van der Waals surface area contributed by atoms with Crippen LogP contribution >= 0.6 is 11.8 Å². The quantitative estimate of drug-likeness (QED) is 0.174.